The van der Waals surface area contributed by atoms with Gasteiger partial charge in [0.05, 0.1) is 30.2 Å². The Labute approximate surface area is 211 Å². The first kappa shape index (κ1) is 25.8. The van der Waals surface area contributed by atoms with Gasteiger partial charge in [0.2, 0.25) is 15.9 Å². The number of carbonyl (C=O) groups excluding carboxylic acids is 2. The first-order valence-corrected chi connectivity index (χ1v) is 13.5. The van der Waals surface area contributed by atoms with Crippen molar-refractivity contribution in [3.05, 3.63) is 59.1 Å². The van der Waals surface area contributed by atoms with Gasteiger partial charge in [0.15, 0.2) is 0 Å². The average molecular weight is 520 g/mol. The molecule has 0 N–H and O–H groups in total. The zero-order valence-electron chi connectivity index (χ0n) is 19.9. The average Bonchev–Trinajstić information content (AvgIpc) is 3.13. The SMILES string of the molecule is CC(C)c1ccc(N2C(=O)CC(N(CCN3CCOCC3)S(=O)(=O)c3ccc(Cl)cc3)C2=O)cc1. The van der Waals surface area contributed by atoms with Crippen LogP contribution in [0.5, 0.6) is 0 Å². The van der Waals surface area contributed by atoms with Crippen molar-refractivity contribution in [3.63, 3.8) is 0 Å². The lowest BCUT2D eigenvalue weighted by Gasteiger charge is -2.31. The quantitative estimate of drug-likeness (QED) is 0.498. The van der Waals surface area contributed by atoms with E-state index in [0.29, 0.717) is 49.5 Å². The molecule has 2 saturated heterocycles. The Balaban J connectivity index is 1.63. The fraction of sp³-hybridized carbons (Fsp3) is 0.440. The smallest absolute Gasteiger partial charge is 0.252 e. The third-order valence-electron chi connectivity index (χ3n) is 6.45. The zero-order chi connectivity index (χ0) is 25.2. The van der Waals surface area contributed by atoms with E-state index in [-0.39, 0.29) is 17.9 Å². The van der Waals surface area contributed by atoms with Crippen LogP contribution in [0.1, 0.15) is 31.7 Å². The highest BCUT2D eigenvalue weighted by Crippen LogP contribution is 2.30. The van der Waals surface area contributed by atoms with Crippen LogP contribution in [0.2, 0.25) is 5.02 Å². The molecule has 2 aromatic rings. The maximum atomic E-state index is 13.7. The molecule has 2 aliphatic heterocycles. The molecular formula is C25H30ClN3O5S. The van der Waals surface area contributed by atoms with Crippen LogP contribution in [0.4, 0.5) is 5.69 Å². The van der Waals surface area contributed by atoms with Crippen LogP contribution in [-0.4, -0.2) is 74.9 Å². The predicted octanol–water partition coefficient (Wildman–Crippen LogP) is 3.12. The minimum atomic E-state index is -4.06. The van der Waals surface area contributed by atoms with E-state index in [1.165, 1.54) is 28.6 Å². The van der Waals surface area contributed by atoms with Crippen LogP contribution in [0.3, 0.4) is 0 Å². The molecule has 0 aliphatic carbocycles. The van der Waals surface area contributed by atoms with E-state index >= 15 is 0 Å². The van der Waals surface area contributed by atoms with Crippen molar-refractivity contribution >= 4 is 39.1 Å². The summed E-state index contributed by atoms with van der Waals surface area (Å²) in [5, 5.41) is 0.409. The molecule has 10 heteroatoms. The molecule has 8 nitrogen and oxygen atoms in total. The van der Waals surface area contributed by atoms with E-state index in [1.807, 2.05) is 12.1 Å². The maximum absolute atomic E-state index is 13.7. The number of nitrogens with zero attached hydrogens (tertiary/aromatic N) is 3. The molecule has 1 unspecified atom stereocenters. The summed E-state index contributed by atoms with van der Waals surface area (Å²) in [6.45, 7) is 7.14. The summed E-state index contributed by atoms with van der Waals surface area (Å²) in [5.41, 5.74) is 1.53. The fourth-order valence-corrected chi connectivity index (χ4v) is 6.07. The minimum Gasteiger partial charge on any atom is -0.379 e. The summed E-state index contributed by atoms with van der Waals surface area (Å²) in [6.07, 6.45) is -0.208. The number of sulfonamides is 1. The molecule has 188 valence electrons. The van der Waals surface area contributed by atoms with E-state index in [1.54, 1.807) is 12.1 Å². The van der Waals surface area contributed by atoms with Gasteiger partial charge in [-0.15, -0.1) is 0 Å². The number of anilines is 1. The third-order valence-corrected chi connectivity index (χ3v) is 8.62. The highest BCUT2D eigenvalue weighted by atomic mass is 35.5. The highest BCUT2D eigenvalue weighted by Gasteiger charge is 2.47. The summed E-state index contributed by atoms with van der Waals surface area (Å²) in [5.74, 6) is -0.645. The summed E-state index contributed by atoms with van der Waals surface area (Å²) in [4.78, 5) is 29.7. The van der Waals surface area contributed by atoms with Crippen LogP contribution in [-0.2, 0) is 24.3 Å². The van der Waals surface area contributed by atoms with Crippen molar-refractivity contribution in [2.45, 2.75) is 37.1 Å². The summed E-state index contributed by atoms with van der Waals surface area (Å²) < 4.78 is 33.9. The van der Waals surface area contributed by atoms with Gasteiger partial charge in [-0.25, -0.2) is 13.3 Å². The second-order valence-electron chi connectivity index (χ2n) is 9.06. The van der Waals surface area contributed by atoms with E-state index in [2.05, 4.69) is 18.7 Å². The summed E-state index contributed by atoms with van der Waals surface area (Å²) in [6, 6.07) is 12.0. The second kappa shape index (κ2) is 10.8. The number of amides is 2. The number of imide groups is 1. The number of hydrogen-bond donors (Lipinski definition) is 0. The molecule has 1 atom stereocenters. The van der Waals surface area contributed by atoms with Crippen molar-refractivity contribution in [1.29, 1.82) is 0 Å². The fourth-order valence-electron chi connectivity index (χ4n) is 4.37. The van der Waals surface area contributed by atoms with Gasteiger partial charge in [-0.3, -0.25) is 14.5 Å². The van der Waals surface area contributed by atoms with Crippen molar-refractivity contribution < 1.29 is 22.7 Å². The highest BCUT2D eigenvalue weighted by molar-refractivity contribution is 7.89. The third kappa shape index (κ3) is 5.59. The van der Waals surface area contributed by atoms with Crippen molar-refractivity contribution in [3.8, 4) is 0 Å². The van der Waals surface area contributed by atoms with Crippen molar-refractivity contribution in [2.75, 3.05) is 44.3 Å². The Hall–Kier alpha value is -2.30. The monoisotopic (exact) mass is 519 g/mol. The van der Waals surface area contributed by atoms with E-state index in [0.717, 1.165) is 10.5 Å². The Morgan fingerprint density at radius 3 is 2.26 bits per heavy atom. The van der Waals surface area contributed by atoms with Crippen LogP contribution in [0.25, 0.3) is 0 Å². The first-order valence-electron chi connectivity index (χ1n) is 11.7. The van der Waals surface area contributed by atoms with Gasteiger partial charge in [0, 0.05) is 31.2 Å². The Morgan fingerprint density at radius 1 is 1.03 bits per heavy atom. The number of ether oxygens (including phenoxy) is 1. The number of rotatable bonds is 8. The molecule has 0 aromatic heterocycles. The van der Waals surface area contributed by atoms with Gasteiger partial charge in [0.1, 0.15) is 6.04 Å². The van der Waals surface area contributed by atoms with E-state index in [4.69, 9.17) is 16.3 Å². The number of benzene rings is 2. The lowest BCUT2D eigenvalue weighted by Crippen LogP contribution is -2.49. The molecule has 2 aliphatic rings. The Morgan fingerprint density at radius 2 is 1.66 bits per heavy atom. The molecule has 4 rings (SSSR count). The van der Waals surface area contributed by atoms with Crippen LogP contribution >= 0.6 is 11.6 Å². The normalized spacial score (nSPS) is 19.8. The lowest BCUT2D eigenvalue weighted by molar-refractivity contribution is -0.122. The molecule has 0 spiro atoms. The number of halogens is 1. The first-order chi connectivity index (χ1) is 16.7. The van der Waals surface area contributed by atoms with Gasteiger partial charge < -0.3 is 4.74 Å². The molecule has 35 heavy (non-hydrogen) atoms. The topological polar surface area (TPSA) is 87.2 Å². The molecule has 0 bridgehead atoms. The van der Waals surface area contributed by atoms with Gasteiger partial charge in [0.25, 0.3) is 5.91 Å². The molecule has 2 amide bonds. The van der Waals surface area contributed by atoms with Gasteiger partial charge >= 0.3 is 0 Å². The second-order valence-corrected chi connectivity index (χ2v) is 11.4. The predicted molar refractivity (Wildman–Crippen MR) is 134 cm³/mol. The van der Waals surface area contributed by atoms with Crippen molar-refractivity contribution in [1.82, 2.24) is 9.21 Å². The van der Waals surface area contributed by atoms with Gasteiger partial charge in [-0.05, 0) is 47.9 Å². The molecular weight excluding hydrogens is 490 g/mol. The molecule has 2 aromatic carbocycles. The Kier molecular flexibility index (Phi) is 7.92. The van der Waals surface area contributed by atoms with Crippen molar-refractivity contribution in [2.24, 2.45) is 0 Å². The van der Waals surface area contributed by atoms with Gasteiger partial charge in [-0.2, -0.15) is 4.31 Å². The van der Waals surface area contributed by atoms with Crippen LogP contribution in [0, 0.1) is 0 Å². The van der Waals surface area contributed by atoms with Crippen LogP contribution < -0.4 is 4.90 Å². The van der Waals surface area contributed by atoms with Crippen LogP contribution in [0.15, 0.2) is 53.4 Å². The molecule has 0 radical (unpaired) electrons. The number of hydrogen-bond acceptors (Lipinski definition) is 6. The number of morpholine rings is 1. The lowest BCUT2D eigenvalue weighted by atomic mass is 10.0. The molecule has 2 fully saturated rings. The van der Waals surface area contributed by atoms with E-state index in [9.17, 15) is 18.0 Å². The standard InChI is InChI=1S/C25H30ClN3O5S/c1-18(2)19-3-7-21(8-4-19)29-24(30)17-23(25(29)31)28(12-11-27-13-15-34-16-14-27)35(32,33)22-9-5-20(26)6-10-22/h3-10,18,23H,11-17H2,1-2H3. The number of carbonyl (C=O) groups is 2. The summed E-state index contributed by atoms with van der Waals surface area (Å²) >= 11 is 5.96. The Bertz CT molecular complexity index is 1160. The maximum Gasteiger partial charge on any atom is 0.252 e. The molecule has 2 heterocycles. The minimum absolute atomic E-state index is 0.0314. The van der Waals surface area contributed by atoms with Gasteiger partial charge in [-0.1, -0.05) is 37.6 Å². The van der Waals surface area contributed by atoms with E-state index < -0.39 is 27.9 Å². The zero-order valence-corrected chi connectivity index (χ0v) is 21.5. The molecule has 0 saturated carbocycles. The largest absolute Gasteiger partial charge is 0.379 e. The summed E-state index contributed by atoms with van der Waals surface area (Å²) in [7, 11) is -4.06.